The molecule has 1 aliphatic heterocycles. The molecule has 2 N–H and O–H groups in total. The lowest BCUT2D eigenvalue weighted by atomic mass is 9.68. The first-order chi connectivity index (χ1) is 9.08. The fourth-order valence-corrected chi connectivity index (χ4v) is 2.64. The summed E-state index contributed by atoms with van der Waals surface area (Å²) in [4.78, 5) is 25.5. The molecule has 6 heteroatoms. The molecule has 1 aliphatic carbocycles. The molecule has 1 amide bonds. The summed E-state index contributed by atoms with van der Waals surface area (Å²) < 4.78 is 5.58. The molecule has 1 atom stereocenters. The Labute approximate surface area is 113 Å². The second-order valence-electron chi connectivity index (χ2n) is 5.34. The van der Waals surface area contributed by atoms with Gasteiger partial charge in [0.2, 0.25) is 5.91 Å². The highest BCUT2D eigenvalue weighted by molar-refractivity contribution is 6.02. The molecule has 2 aliphatic rings. The summed E-state index contributed by atoms with van der Waals surface area (Å²) in [5.41, 5.74) is -1.18. The van der Waals surface area contributed by atoms with E-state index in [1.807, 2.05) is 0 Å². The second kappa shape index (κ2) is 5.88. The highest BCUT2D eigenvalue weighted by Crippen LogP contribution is 2.41. The number of carbonyl (C=O) groups is 2. The van der Waals surface area contributed by atoms with Gasteiger partial charge in [-0.3, -0.25) is 14.5 Å². The summed E-state index contributed by atoms with van der Waals surface area (Å²) in [6, 6.07) is 0. The predicted molar refractivity (Wildman–Crippen MR) is 68.8 cm³/mol. The molecule has 2 rings (SSSR count). The lowest BCUT2D eigenvalue weighted by Crippen LogP contribution is -2.54. The normalized spacial score (nSPS) is 26.5. The van der Waals surface area contributed by atoms with Crippen molar-refractivity contribution in [1.29, 1.82) is 0 Å². The quantitative estimate of drug-likeness (QED) is 0.692. The third-order valence-electron chi connectivity index (χ3n) is 4.21. The van der Waals surface area contributed by atoms with Crippen molar-refractivity contribution >= 4 is 11.9 Å². The van der Waals surface area contributed by atoms with Crippen molar-refractivity contribution in [1.82, 2.24) is 10.2 Å². The molecular weight excluding hydrogens is 248 g/mol. The zero-order valence-corrected chi connectivity index (χ0v) is 11.4. The number of nitrogens with one attached hydrogen (secondary N) is 1. The van der Waals surface area contributed by atoms with Gasteiger partial charge in [-0.2, -0.15) is 0 Å². The summed E-state index contributed by atoms with van der Waals surface area (Å²) in [6.45, 7) is 5.82. The minimum Gasteiger partial charge on any atom is -0.480 e. The van der Waals surface area contributed by atoms with E-state index < -0.39 is 11.4 Å². The van der Waals surface area contributed by atoms with Crippen LogP contribution in [0, 0.1) is 5.41 Å². The van der Waals surface area contributed by atoms with Crippen molar-refractivity contribution in [3.05, 3.63) is 0 Å². The summed E-state index contributed by atoms with van der Waals surface area (Å²) >= 11 is 0. The topological polar surface area (TPSA) is 78.9 Å². The van der Waals surface area contributed by atoms with Gasteiger partial charge in [-0.25, -0.2) is 0 Å². The first-order valence-electron chi connectivity index (χ1n) is 6.94. The predicted octanol–water partition coefficient (Wildman–Crippen LogP) is 0.0782. The molecule has 0 aromatic carbocycles. The fraction of sp³-hybridized carbons (Fsp3) is 0.846. The van der Waals surface area contributed by atoms with E-state index >= 15 is 0 Å². The maximum absolute atomic E-state index is 12.0. The van der Waals surface area contributed by atoms with Crippen LogP contribution in [0.2, 0.25) is 0 Å². The van der Waals surface area contributed by atoms with Crippen LogP contribution >= 0.6 is 0 Å². The van der Waals surface area contributed by atoms with Gasteiger partial charge in [-0.15, -0.1) is 0 Å². The molecule has 1 saturated heterocycles. The Kier molecular flexibility index (Phi) is 4.42. The minimum absolute atomic E-state index is 0.0384. The maximum atomic E-state index is 12.0. The molecule has 0 spiro atoms. The van der Waals surface area contributed by atoms with E-state index in [4.69, 9.17) is 4.74 Å². The average molecular weight is 270 g/mol. The van der Waals surface area contributed by atoms with Crippen LogP contribution in [-0.2, 0) is 14.3 Å². The second-order valence-corrected chi connectivity index (χ2v) is 5.34. The molecule has 0 radical (unpaired) electrons. The Morgan fingerprint density at radius 3 is 2.74 bits per heavy atom. The molecule has 1 heterocycles. The molecule has 1 saturated carbocycles. The van der Waals surface area contributed by atoms with Crippen molar-refractivity contribution < 1.29 is 19.4 Å². The zero-order valence-electron chi connectivity index (χ0n) is 11.4. The molecule has 1 unspecified atom stereocenters. The summed E-state index contributed by atoms with van der Waals surface area (Å²) in [7, 11) is 0. The number of likely N-dealkylation sites (N-methyl/N-ethyl adjacent to an activating group) is 1. The monoisotopic (exact) mass is 270 g/mol. The van der Waals surface area contributed by atoms with Gasteiger partial charge in [0.05, 0.1) is 12.7 Å². The number of carbonyl (C=O) groups excluding carboxylic acids is 1. The molecule has 6 nitrogen and oxygen atoms in total. The SMILES string of the molecule is CCN1CCOC(CNC(=O)C2(C(=O)O)CCC2)C1. The average Bonchev–Trinajstić information content (AvgIpc) is 2.34. The highest BCUT2D eigenvalue weighted by Gasteiger charge is 2.51. The van der Waals surface area contributed by atoms with Crippen LogP contribution < -0.4 is 5.32 Å². The van der Waals surface area contributed by atoms with Crippen LogP contribution in [0.15, 0.2) is 0 Å². The molecule has 0 aromatic rings. The van der Waals surface area contributed by atoms with Gasteiger partial charge in [0.1, 0.15) is 5.41 Å². The van der Waals surface area contributed by atoms with Crippen LogP contribution in [-0.4, -0.2) is 60.8 Å². The van der Waals surface area contributed by atoms with Crippen molar-refractivity contribution in [3.63, 3.8) is 0 Å². The number of amides is 1. The maximum Gasteiger partial charge on any atom is 0.319 e. The standard InChI is InChI=1S/C13H22N2O4/c1-2-15-6-7-19-10(9-15)8-14-11(16)13(12(17)18)4-3-5-13/h10H,2-9H2,1H3,(H,14,16)(H,17,18). The Bertz CT molecular complexity index is 355. The highest BCUT2D eigenvalue weighted by atomic mass is 16.5. The van der Waals surface area contributed by atoms with Gasteiger partial charge in [-0.05, 0) is 19.4 Å². The molecule has 2 fully saturated rings. The van der Waals surface area contributed by atoms with Gasteiger partial charge in [-0.1, -0.05) is 13.3 Å². The number of aliphatic carboxylic acids is 1. The summed E-state index contributed by atoms with van der Waals surface area (Å²) in [5, 5.41) is 11.9. The smallest absolute Gasteiger partial charge is 0.319 e. The van der Waals surface area contributed by atoms with E-state index in [-0.39, 0.29) is 12.0 Å². The molecule has 0 bridgehead atoms. The Balaban J connectivity index is 1.81. The largest absolute Gasteiger partial charge is 0.480 e. The lowest BCUT2D eigenvalue weighted by Gasteiger charge is -2.37. The third-order valence-corrected chi connectivity index (χ3v) is 4.21. The summed E-state index contributed by atoms with van der Waals surface area (Å²) in [5.74, 6) is -1.36. The number of ether oxygens (including phenoxy) is 1. The number of rotatable bonds is 5. The molecule has 0 aromatic heterocycles. The molecular formula is C13H22N2O4. The minimum atomic E-state index is -1.18. The van der Waals surface area contributed by atoms with E-state index in [9.17, 15) is 14.7 Å². The first-order valence-corrected chi connectivity index (χ1v) is 6.94. The fourth-order valence-electron chi connectivity index (χ4n) is 2.64. The van der Waals surface area contributed by atoms with E-state index in [1.54, 1.807) is 0 Å². The summed E-state index contributed by atoms with van der Waals surface area (Å²) in [6.07, 6.45) is 1.66. The Morgan fingerprint density at radius 1 is 1.47 bits per heavy atom. The molecule has 108 valence electrons. The van der Waals surface area contributed by atoms with E-state index in [0.29, 0.717) is 26.0 Å². The number of nitrogens with zero attached hydrogens (tertiary/aromatic N) is 1. The van der Waals surface area contributed by atoms with Gasteiger partial charge in [0, 0.05) is 19.6 Å². The number of carboxylic acids is 1. The zero-order chi connectivity index (χ0) is 13.9. The number of hydrogen-bond acceptors (Lipinski definition) is 4. The van der Waals surface area contributed by atoms with Crippen molar-refractivity contribution in [3.8, 4) is 0 Å². The van der Waals surface area contributed by atoms with Gasteiger partial charge in [0.15, 0.2) is 0 Å². The molecule has 19 heavy (non-hydrogen) atoms. The van der Waals surface area contributed by atoms with E-state index in [0.717, 1.165) is 26.1 Å². The van der Waals surface area contributed by atoms with Crippen molar-refractivity contribution in [2.45, 2.75) is 32.3 Å². The van der Waals surface area contributed by atoms with Gasteiger partial charge < -0.3 is 15.2 Å². The van der Waals surface area contributed by atoms with Crippen LogP contribution in [0.3, 0.4) is 0 Å². The van der Waals surface area contributed by atoms with Crippen LogP contribution in [0.1, 0.15) is 26.2 Å². The van der Waals surface area contributed by atoms with Gasteiger partial charge >= 0.3 is 5.97 Å². The van der Waals surface area contributed by atoms with Crippen molar-refractivity contribution in [2.75, 3.05) is 32.8 Å². The number of carboxylic acid groups (broad SMARTS) is 1. The van der Waals surface area contributed by atoms with Crippen LogP contribution in [0.25, 0.3) is 0 Å². The van der Waals surface area contributed by atoms with Crippen LogP contribution in [0.4, 0.5) is 0 Å². The third kappa shape index (κ3) is 2.90. The van der Waals surface area contributed by atoms with Crippen LogP contribution in [0.5, 0.6) is 0 Å². The lowest BCUT2D eigenvalue weighted by molar-refractivity contribution is -0.162. The Hall–Kier alpha value is -1.14. The van der Waals surface area contributed by atoms with Crippen molar-refractivity contribution in [2.24, 2.45) is 5.41 Å². The number of morpholine rings is 1. The first kappa shape index (κ1) is 14.3. The number of hydrogen-bond donors (Lipinski definition) is 2. The van der Waals surface area contributed by atoms with E-state index in [1.165, 1.54) is 0 Å². The van der Waals surface area contributed by atoms with Gasteiger partial charge in [0.25, 0.3) is 0 Å². The Morgan fingerprint density at radius 2 is 2.21 bits per heavy atom. The van der Waals surface area contributed by atoms with E-state index in [2.05, 4.69) is 17.1 Å².